The quantitative estimate of drug-likeness (QED) is 0.766. The fourth-order valence-corrected chi connectivity index (χ4v) is 1.71. The van der Waals surface area contributed by atoms with E-state index in [9.17, 15) is 4.79 Å². The highest BCUT2D eigenvalue weighted by Crippen LogP contribution is 2.30. The molecule has 0 radical (unpaired) electrons. The second-order valence-corrected chi connectivity index (χ2v) is 6.07. The maximum absolute atomic E-state index is 12.1. The van der Waals surface area contributed by atoms with E-state index in [0.717, 1.165) is 19.4 Å². The first-order chi connectivity index (χ1) is 7.68. The first-order valence-corrected chi connectivity index (χ1v) is 6.40. The van der Waals surface area contributed by atoms with Crippen molar-refractivity contribution in [2.75, 3.05) is 6.61 Å². The first kappa shape index (κ1) is 14.5. The first-order valence-electron chi connectivity index (χ1n) is 6.40. The largest absolute Gasteiger partial charge is 0.378 e. The lowest BCUT2D eigenvalue weighted by Gasteiger charge is -2.41. The fourth-order valence-electron chi connectivity index (χ4n) is 1.71. The van der Waals surface area contributed by atoms with E-state index < -0.39 is 11.0 Å². The molecule has 0 aliphatic heterocycles. The fraction of sp³-hybridized carbons (Fsp3) is 0.923. The van der Waals surface area contributed by atoms with E-state index in [1.165, 1.54) is 0 Å². The van der Waals surface area contributed by atoms with Crippen molar-refractivity contribution in [3.05, 3.63) is 0 Å². The van der Waals surface area contributed by atoms with E-state index in [1.807, 2.05) is 34.6 Å². The molecule has 0 aromatic heterocycles. The minimum absolute atomic E-state index is 0.0324. The Hall–Kier alpha value is -0.610. The van der Waals surface area contributed by atoms with Gasteiger partial charge in [0.15, 0.2) is 0 Å². The van der Waals surface area contributed by atoms with Crippen molar-refractivity contribution in [3.63, 3.8) is 0 Å². The Kier molecular flexibility index (Phi) is 4.20. The van der Waals surface area contributed by atoms with Crippen LogP contribution in [0, 0.1) is 5.41 Å². The molecule has 0 aromatic carbocycles. The summed E-state index contributed by atoms with van der Waals surface area (Å²) in [7, 11) is 0. The monoisotopic (exact) mass is 242 g/mol. The summed E-state index contributed by atoms with van der Waals surface area (Å²) >= 11 is 0. The van der Waals surface area contributed by atoms with E-state index in [-0.39, 0.29) is 11.9 Å². The Morgan fingerprint density at radius 2 is 1.88 bits per heavy atom. The highest BCUT2D eigenvalue weighted by Gasteiger charge is 2.42. The molecule has 1 saturated carbocycles. The van der Waals surface area contributed by atoms with Crippen LogP contribution in [0.15, 0.2) is 0 Å². The number of ether oxygens (including phenoxy) is 1. The van der Waals surface area contributed by atoms with Crippen molar-refractivity contribution < 1.29 is 9.53 Å². The van der Waals surface area contributed by atoms with E-state index in [1.54, 1.807) is 0 Å². The normalized spacial score (nSPS) is 25.3. The Morgan fingerprint density at radius 3 is 2.29 bits per heavy atom. The second kappa shape index (κ2) is 4.94. The zero-order chi connectivity index (χ0) is 13.3. The van der Waals surface area contributed by atoms with Gasteiger partial charge in [0.05, 0.1) is 11.5 Å². The summed E-state index contributed by atoms with van der Waals surface area (Å²) in [5, 5.41) is 3.05. The number of amides is 1. The van der Waals surface area contributed by atoms with Gasteiger partial charge < -0.3 is 15.8 Å². The molecule has 1 fully saturated rings. The van der Waals surface area contributed by atoms with Crippen LogP contribution in [0.1, 0.15) is 47.5 Å². The van der Waals surface area contributed by atoms with Gasteiger partial charge in [0.1, 0.15) is 0 Å². The molecule has 0 bridgehead atoms. The Morgan fingerprint density at radius 1 is 1.35 bits per heavy atom. The number of carbonyl (C=O) groups is 1. The average Bonchev–Trinajstić information content (AvgIpc) is 2.12. The van der Waals surface area contributed by atoms with Gasteiger partial charge in [-0.2, -0.15) is 0 Å². The second-order valence-electron chi connectivity index (χ2n) is 6.07. The molecule has 1 rings (SSSR count). The zero-order valence-electron chi connectivity index (χ0n) is 11.7. The van der Waals surface area contributed by atoms with Crippen LogP contribution >= 0.6 is 0 Å². The number of hydrogen-bond acceptors (Lipinski definition) is 3. The molecule has 4 heteroatoms. The number of nitrogens with one attached hydrogen (secondary N) is 1. The molecule has 4 nitrogen and oxygen atoms in total. The van der Waals surface area contributed by atoms with Gasteiger partial charge in [-0.05, 0) is 47.5 Å². The van der Waals surface area contributed by atoms with Gasteiger partial charge in [0.25, 0.3) is 0 Å². The molecule has 0 spiro atoms. The van der Waals surface area contributed by atoms with Gasteiger partial charge in [0.2, 0.25) is 5.91 Å². The maximum Gasteiger partial charge on any atom is 0.227 e. The molecule has 1 amide bonds. The summed E-state index contributed by atoms with van der Waals surface area (Å²) in [5.41, 5.74) is 4.95. The van der Waals surface area contributed by atoms with Crippen LogP contribution in [0.2, 0.25) is 0 Å². The molecule has 100 valence electrons. The van der Waals surface area contributed by atoms with Gasteiger partial charge in [-0.15, -0.1) is 0 Å². The van der Waals surface area contributed by atoms with Gasteiger partial charge >= 0.3 is 0 Å². The highest BCUT2D eigenvalue weighted by atomic mass is 16.5. The van der Waals surface area contributed by atoms with Crippen molar-refractivity contribution in [2.45, 2.75) is 65.1 Å². The summed E-state index contributed by atoms with van der Waals surface area (Å²) in [6.07, 6.45) is 2.15. The summed E-state index contributed by atoms with van der Waals surface area (Å²) in [5.74, 6) is 0.0324. The minimum atomic E-state index is -0.566. The van der Waals surface area contributed by atoms with Gasteiger partial charge in [0, 0.05) is 18.2 Å². The predicted molar refractivity (Wildman–Crippen MR) is 68.6 cm³/mol. The number of carbonyl (C=O) groups excluding carboxylic acids is 1. The molecule has 3 N–H and O–H groups in total. The standard InChI is InChI=1S/C13H26N2O2/c1-6-17-10-7-9(8-10)15-11(16)12(2,3)13(4,5)14/h9-10H,6-8,14H2,1-5H3,(H,15,16). The third kappa shape index (κ3) is 3.19. The molecule has 0 atom stereocenters. The number of nitrogens with two attached hydrogens (primary N) is 1. The van der Waals surface area contributed by atoms with Crippen molar-refractivity contribution in [2.24, 2.45) is 11.1 Å². The van der Waals surface area contributed by atoms with E-state index in [2.05, 4.69) is 5.32 Å². The van der Waals surface area contributed by atoms with Crippen LogP contribution in [-0.2, 0) is 9.53 Å². The molecule has 1 aliphatic carbocycles. The average molecular weight is 242 g/mol. The number of hydrogen-bond donors (Lipinski definition) is 2. The zero-order valence-corrected chi connectivity index (χ0v) is 11.7. The van der Waals surface area contributed by atoms with Crippen LogP contribution < -0.4 is 11.1 Å². The van der Waals surface area contributed by atoms with E-state index in [4.69, 9.17) is 10.5 Å². The van der Waals surface area contributed by atoms with Crippen molar-refractivity contribution in [1.29, 1.82) is 0 Å². The minimum Gasteiger partial charge on any atom is -0.378 e. The van der Waals surface area contributed by atoms with Crippen molar-refractivity contribution >= 4 is 5.91 Å². The lowest BCUT2D eigenvalue weighted by Crippen LogP contribution is -2.59. The van der Waals surface area contributed by atoms with E-state index in [0.29, 0.717) is 6.10 Å². The third-order valence-corrected chi connectivity index (χ3v) is 4.01. The van der Waals surface area contributed by atoms with Crippen LogP contribution in [-0.4, -0.2) is 30.2 Å². The maximum atomic E-state index is 12.1. The summed E-state index contributed by atoms with van der Waals surface area (Å²) in [6, 6.07) is 0.251. The molecule has 0 aromatic rings. The molecule has 1 aliphatic rings. The summed E-state index contributed by atoms with van der Waals surface area (Å²) in [4.78, 5) is 12.1. The highest BCUT2D eigenvalue weighted by molar-refractivity contribution is 5.83. The molecule has 17 heavy (non-hydrogen) atoms. The van der Waals surface area contributed by atoms with Crippen LogP contribution in [0.3, 0.4) is 0 Å². The Bertz CT molecular complexity index is 276. The smallest absolute Gasteiger partial charge is 0.227 e. The van der Waals surface area contributed by atoms with Gasteiger partial charge in [-0.25, -0.2) is 0 Å². The van der Waals surface area contributed by atoms with Crippen LogP contribution in [0.4, 0.5) is 0 Å². The van der Waals surface area contributed by atoms with Crippen molar-refractivity contribution in [1.82, 2.24) is 5.32 Å². The van der Waals surface area contributed by atoms with Gasteiger partial charge in [-0.1, -0.05) is 0 Å². The SMILES string of the molecule is CCOC1CC(NC(=O)C(C)(C)C(C)(C)N)C1. The topological polar surface area (TPSA) is 64.3 Å². The molecule has 0 unspecified atom stereocenters. The number of rotatable bonds is 5. The predicted octanol–water partition coefficient (Wildman–Crippen LogP) is 1.43. The lowest BCUT2D eigenvalue weighted by atomic mass is 9.74. The van der Waals surface area contributed by atoms with Crippen LogP contribution in [0.25, 0.3) is 0 Å². The Balaban J connectivity index is 2.42. The van der Waals surface area contributed by atoms with Gasteiger partial charge in [-0.3, -0.25) is 4.79 Å². The molecular formula is C13H26N2O2. The summed E-state index contributed by atoms with van der Waals surface area (Å²) in [6.45, 7) is 10.3. The Labute approximate surface area is 104 Å². The lowest BCUT2D eigenvalue weighted by molar-refractivity contribution is -0.134. The third-order valence-electron chi connectivity index (χ3n) is 4.01. The molecular weight excluding hydrogens is 216 g/mol. The van der Waals surface area contributed by atoms with E-state index >= 15 is 0 Å². The van der Waals surface area contributed by atoms with Crippen molar-refractivity contribution in [3.8, 4) is 0 Å². The summed E-state index contributed by atoms with van der Waals surface area (Å²) < 4.78 is 5.47. The van der Waals surface area contributed by atoms with Crippen LogP contribution in [0.5, 0.6) is 0 Å². The molecule has 0 heterocycles. The molecule has 0 saturated heterocycles.